The number of sulfonamides is 1. The molecule has 0 spiro atoms. The van der Waals surface area contributed by atoms with E-state index in [0.717, 1.165) is 18.2 Å². The molecule has 0 amide bonds. The third-order valence-electron chi connectivity index (χ3n) is 2.77. The Balaban J connectivity index is 2.37. The van der Waals surface area contributed by atoms with Crippen LogP contribution >= 0.6 is 11.8 Å². The molecular weight excluding hydrogens is 335 g/mol. The average molecular weight is 347 g/mol. The van der Waals surface area contributed by atoms with Crippen LogP contribution in [0.5, 0.6) is 0 Å². The lowest BCUT2D eigenvalue weighted by atomic mass is 10.2. The van der Waals surface area contributed by atoms with Gasteiger partial charge in [-0.2, -0.15) is 8.78 Å². The Bertz CT molecular complexity index is 779. The average Bonchev–Trinajstić information content (AvgIpc) is 2.39. The van der Waals surface area contributed by atoms with Gasteiger partial charge in [0.15, 0.2) is 0 Å². The Morgan fingerprint density at radius 3 is 2.45 bits per heavy atom. The van der Waals surface area contributed by atoms with E-state index in [-0.39, 0.29) is 32.8 Å². The quantitative estimate of drug-likeness (QED) is 0.823. The molecule has 22 heavy (non-hydrogen) atoms. The summed E-state index contributed by atoms with van der Waals surface area (Å²) in [4.78, 5) is 0.00610. The van der Waals surface area contributed by atoms with Gasteiger partial charge >= 0.3 is 0 Å². The minimum atomic E-state index is -3.99. The van der Waals surface area contributed by atoms with E-state index in [1.807, 2.05) is 0 Å². The summed E-state index contributed by atoms with van der Waals surface area (Å²) in [5, 5.41) is 0. The molecule has 2 aromatic carbocycles. The van der Waals surface area contributed by atoms with Gasteiger partial charge in [0.2, 0.25) is 0 Å². The van der Waals surface area contributed by atoms with Gasteiger partial charge in [0, 0.05) is 4.90 Å². The van der Waals surface area contributed by atoms with E-state index in [4.69, 9.17) is 0 Å². The first-order chi connectivity index (χ1) is 10.3. The minimum absolute atomic E-state index is 0.0523. The number of nitrogens with one attached hydrogen (secondary N) is 1. The number of aryl methyl sites for hydroxylation is 1. The highest BCUT2D eigenvalue weighted by Gasteiger charge is 2.19. The van der Waals surface area contributed by atoms with Crippen molar-refractivity contribution in [2.75, 3.05) is 4.72 Å². The molecule has 3 nitrogen and oxygen atoms in total. The maximum atomic E-state index is 13.1. The van der Waals surface area contributed by atoms with Crippen LogP contribution in [-0.2, 0) is 10.0 Å². The van der Waals surface area contributed by atoms with E-state index in [0.29, 0.717) is 0 Å². The lowest BCUT2D eigenvalue weighted by Gasteiger charge is -2.13. The van der Waals surface area contributed by atoms with E-state index in [1.54, 1.807) is 0 Å². The van der Waals surface area contributed by atoms with E-state index < -0.39 is 21.6 Å². The molecule has 0 aliphatic rings. The smallest absolute Gasteiger partial charge is 0.278 e. The Labute approximate surface area is 130 Å². The summed E-state index contributed by atoms with van der Waals surface area (Å²) in [6.07, 6.45) is 0. The topological polar surface area (TPSA) is 46.2 Å². The molecule has 2 aromatic rings. The van der Waals surface area contributed by atoms with Crippen molar-refractivity contribution >= 4 is 27.5 Å². The van der Waals surface area contributed by atoms with Gasteiger partial charge in [0.25, 0.3) is 15.8 Å². The molecule has 0 fully saturated rings. The largest absolute Gasteiger partial charge is 0.288 e. The number of rotatable bonds is 5. The molecule has 8 heteroatoms. The number of benzene rings is 2. The Kier molecular flexibility index (Phi) is 5.02. The van der Waals surface area contributed by atoms with Crippen molar-refractivity contribution < 1.29 is 21.6 Å². The van der Waals surface area contributed by atoms with Gasteiger partial charge < -0.3 is 0 Å². The molecule has 0 unspecified atom stereocenters. The third kappa shape index (κ3) is 3.95. The zero-order valence-electron chi connectivity index (χ0n) is 11.4. The number of para-hydroxylation sites is 1. The second-order valence-electron chi connectivity index (χ2n) is 4.39. The lowest BCUT2D eigenvalue weighted by molar-refractivity contribution is 0.252. The van der Waals surface area contributed by atoms with E-state index >= 15 is 0 Å². The van der Waals surface area contributed by atoms with Gasteiger partial charge in [0.1, 0.15) is 5.82 Å². The van der Waals surface area contributed by atoms with Crippen molar-refractivity contribution in [3.63, 3.8) is 0 Å². The summed E-state index contributed by atoms with van der Waals surface area (Å²) in [7, 11) is -3.99. The molecule has 0 heterocycles. The molecule has 0 aliphatic carbocycles. The van der Waals surface area contributed by atoms with Crippen molar-refractivity contribution in [2.45, 2.75) is 22.5 Å². The summed E-state index contributed by atoms with van der Waals surface area (Å²) in [5.41, 5.74) is 0.281. The second-order valence-corrected chi connectivity index (χ2v) is 7.07. The van der Waals surface area contributed by atoms with Crippen LogP contribution in [-0.4, -0.2) is 14.2 Å². The van der Waals surface area contributed by atoms with Crippen molar-refractivity contribution in [3.8, 4) is 0 Å². The molecule has 0 aliphatic heterocycles. The van der Waals surface area contributed by atoms with Gasteiger partial charge in [-0.05, 0) is 42.8 Å². The molecule has 0 saturated heterocycles. The first-order valence-corrected chi connectivity index (χ1v) is 8.49. The summed E-state index contributed by atoms with van der Waals surface area (Å²) in [6.45, 7) is 1.46. The minimum Gasteiger partial charge on any atom is -0.278 e. The maximum Gasteiger partial charge on any atom is 0.288 e. The first-order valence-electron chi connectivity index (χ1n) is 6.12. The Hall–Kier alpha value is -1.67. The fourth-order valence-electron chi connectivity index (χ4n) is 1.86. The maximum absolute atomic E-state index is 13.1. The third-order valence-corrected chi connectivity index (χ3v) is 5.09. The summed E-state index contributed by atoms with van der Waals surface area (Å²) >= 11 is 0.247. The van der Waals surface area contributed by atoms with Gasteiger partial charge in [-0.25, -0.2) is 12.8 Å². The predicted octanol–water partition coefficient (Wildman–Crippen LogP) is 4.25. The van der Waals surface area contributed by atoms with Crippen molar-refractivity contribution in [2.24, 2.45) is 0 Å². The van der Waals surface area contributed by atoms with Crippen LogP contribution < -0.4 is 4.72 Å². The summed E-state index contributed by atoms with van der Waals surface area (Å²) in [5.74, 6) is -3.22. The number of hydrogen-bond acceptors (Lipinski definition) is 3. The monoisotopic (exact) mass is 347 g/mol. The van der Waals surface area contributed by atoms with Gasteiger partial charge in [-0.3, -0.25) is 4.72 Å². The normalized spacial score (nSPS) is 11.7. The molecule has 2 rings (SSSR count). The van der Waals surface area contributed by atoms with Crippen LogP contribution in [0, 0.1) is 12.7 Å². The molecular formula is C14H12F3NO2S2. The standard InChI is InChI=1S/C14H12F3NO2S2/c1-9-8-10(15)6-7-13(9)22(19,20)18-11-4-2-3-5-12(11)21-14(16)17/h2-8,14,18H,1H3. The fourth-order valence-corrected chi connectivity index (χ4v) is 3.83. The van der Waals surface area contributed by atoms with E-state index in [1.165, 1.54) is 31.2 Å². The molecule has 0 radical (unpaired) electrons. The number of alkyl halides is 2. The van der Waals surface area contributed by atoms with Crippen molar-refractivity contribution in [3.05, 3.63) is 53.8 Å². The summed E-state index contributed by atoms with van der Waals surface area (Å²) < 4.78 is 65.0. The molecule has 118 valence electrons. The second kappa shape index (κ2) is 6.62. The molecule has 1 N–H and O–H groups in total. The zero-order valence-corrected chi connectivity index (χ0v) is 13.0. The predicted molar refractivity (Wildman–Crippen MR) is 80.2 cm³/mol. The molecule has 0 saturated carbocycles. The highest BCUT2D eigenvalue weighted by Crippen LogP contribution is 2.33. The molecule has 0 aromatic heterocycles. The highest BCUT2D eigenvalue weighted by molar-refractivity contribution is 7.99. The number of hydrogen-bond donors (Lipinski definition) is 1. The highest BCUT2D eigenvalue weighted by atomic mass is 32.2. The Morgan fingerprint density at radius 1 is 1.14 bits per heavy atom. The van der Waals surface area contributed by atoms with Gasteiger partial charge in [-0.15, -0.1) is 0 Å². The van der Waals surface area contributed by atoms with Crippen LogP contribution in [0.3, 0.4) is 0 Å². The lowest BCUT2D eigenvalue weighted by Crippen LogP contribution is -2.15. The van der Waals surface area contributed by atoms with Gasteiger partial charge in [-0.1, -0.05) is 23.9 Å². The van der Waals surface area contributed by atoms with E-state index in [2.05, 4.69) is 4.72 Å². The van der Waals surface area contributed by atoms with Crippen LogP contribution in [0.1, 0.15) is 5.56 Å². The van der Waals surface area contributed by atoms with Crippen LogP contribution in [0.4, 0.5) is 18.9 Å². The van der Waals surface area contributed by atoms with Crippen LogP contribution in [0.25, 0.3) is 0 Å². The first kappa shape index (κ1) is 16.7. The SMILES string of the molecule is Cc1cc(F)ccc1S(=O)(=O)Nc1ccccc1SC(F)F. The summed E-state index contributed by atoms with van der Waals surface area (Å²) in [6, 6.07) is 9.11. The van der Waals surface area contributed by atoms with Crippen LogP contribution in [0.2, 0.25) is 0 Å². The number of anilines is 1. The fraction of sp³-hybridized carbons (Fsp3) is 0.143. The number of thioether (sulfide) groups is 1. The number of halogens is 3. The zero-order chi connectivity index (χ0) is 16.3. The Morgan fingerprint density at radius 2 is 1.82 bits per heavy atom. The van der Waals surface area contributed by atoms with E-state index in [9.17, 15) is 21.6 Å². The molecule has 0 atom stereocenters. The molecule has 0 bridgehead atoms. The van der Waals surface area contributed by atoms with Crippen molar-refractivity contribution in [1.82, 2.24) is 0 Å². The van der Waals surface area contributed by atoms with Crippen LogP contribution in [0.15, 0.2) is 52.3 Å². The van der Waals surface area contributed by atoms with Gasteiger partial charge in [0.05, 0.1) is 10.6 Å². The van der Waals surface area contributed by atoms with Crippen molar-refractivity contribution in [1.29, 1.82) is 0 Å².